The molecule has 2 rings (SSSR count). The number of carboxylic acid groups (broad SMARTS) is 1. The zero-order valence-electron chi connectivity index (χ0n) is 10.1. The molecule has 0 radical (unpaired) electrons. The molecular weight excluding hydrogens is 204 g/mol. The number of likely N-dealkylation sites (tertiary alicyclic amines) is 2. The van der Waals surface area contributed by atoms with Crippen LogP contribution >= 0.6 is 0 Å². The van der Waals surface area contributed by atoms with Crippen molar-refractivity contribution in [1.29, 1.82) is 0 Å². The first kappa shape index (κ1) is 11.9. The van der Waals surface area contributed by atoms with Gasteiger partial charge in [0.05, 0.1) is 6.54 Å². The van der Waals surface area contributed by atoms with Crippen LogP contribution in [0.1, 0.15) is 26.2 Å². The van der Waals surface area contributed by atoms with Crippen LogP contribution in [0.15, 0.2) is 0 Å². The summed E-state index contributed by atoms with van der Waals surface area (Å²) in [4.78, 5) is 15.2. The van der Waals surface area contributed by atoms with Crippen LogP contribution in [-0.2, 0) is 4.79 Å². The van der Waals surface area contributed by atoms with Crippen molar-refractivity contribution >= 4 is 5.97 Å². The van der Waals surface area contributed by atoms with E-state index >= 15 is 0 Å². The molecule has 2 heterocycles. The van der Waals surface area contributed by atoms with Gasteiger partial charge in [-0.05, 0) is 50.9 Å². The first-order valence-corrected chi connectivity index (χ1v) is 6.30. The van der Waals surface area contributed by atoms with E-state index < -0.39 is 5.97 Å². The molecule has 2 aliphatic rings. The monoisotopic (exact) mass is 226 g/mol. The maximum absolute atomic E-state index is 10.6. The molecule has 0 aromatic rings. The second-order valence-electron chi connectivity index (χ2n) is 5.29. The van der Waals surface area contributed by atoms with Crippen LogP contribution < -0.4 is 0 Å². The predicted molar refractivity (Wildman–Crippen MR) is 62.5 cm³/mol. The molecule has 2 aliphatic heterocycles. The van der Waals surface area contributed by atoms with E-state index in [4.69, 9.17) is 5.11 Å². The van der Waals surface area contributed by atoms with Crippen LogP contribution in [0.5, 0.6) is 0 Å². The topological polar surface area (TPSA) is 43.8 Å². The molecule has 4 nitrogen and oxygen atoms in total. The third kappa shape index (κ3) is 2.55. The maximum Gasteiger partial charge on any atom is 0.317 e. The zero-order chi connectivity index (χ0) is 11.6. The van der Waals surface area contributed by atoms with Crippen LogP contribution in [0.3, 0.4) is 0 Å². The van der Waals surface area contributed by atoms with E-state index in [0.29, 0.717) is 5.41 Å². The summed E-state index contributed by atoms with van der Waals surface area (Å²) in [5.74, 6) is -0.697. The lowest BCUT2D eigenvalue weighted by atomic mass is 9.78. The van der Waals surface area contributed by atoms with Gasteiger partial charge in [0.1, 0.15) is 0 Å². The first-order valence-electron chi connectivity index (χ1n) is 6.30. The fourth-order valence-corrected chi connectivity index (χ4v) is 3.08. The fraction of sp³-hybridized carbons (Fsp3) is 0.917. The molecule has 4 heteroatoms. The van der Waals surface area contributed by atoms with Gasteiger partial charge in [0, 0.05) is 6.54 Å². The van der Waals surface area contributed by atoms with Crippen molar-refractivity contribution in [1.82, 2.24) is 9.80 Å². The molecule has 0 saturated carbocycles. The van der Waals surface area contributed by atoms with Gasteiger partial charge in [-0.1, -0.05) is 6.92 Å². The largest absolute Gasteiger partial charge is 0.480 e. The lowest BCUT2D eigenvalue weighted by molar-refractivity contribution is -0.138. The maximum atomic E-state index is 10.6. The molecule has 2 fully saturated rings. The Hall–Kier alpha value is -0.610. The van der Waals surface area contributed by atoms with E-state index in [2.05, 4.69) is 16.7 Å². The number of hydrogen-bond donors (Lipinski definition) is 1. The molecule has 0 unspecified atom stereocenters. The highest BCUT2D eigenvalue weighted by molar-refractivity contribution is 5.69. The summed E-state index contributed by atoms with van der Waals surface area (Å²) in [5.41, 5.74) is 0.505. The van der Waals surface area contributed by atoms with Gasteiger partial charge in [-0.3, -0.25) is 9.69 Å². The van der Waals surface area contributed by atoms with Crippen molar-refractivity contribution in [2.45, 2.75) is 26.2 Å². The lowest BCUT2D eigenvalue weighted by Crippen LogP contribution is -2.43. The van der Waals surface area contributed by atoms with Gasteiger partial charge in [-0.25, -0.2) is 0 Å². The minimum absolute atomic E-state index is 0.216. The number of hydrogen-bond acceptors (Lipinski definition) is 3. The minimum Gasteiger partial charge on any atom is -0.480 e. The molecule has 1 spiro atoms. The van der Waals surface area contributed by atoms with Gasteiger partial charge in [0.2, 0.25) is 0 Å². The average molecular weight is 226 g/mol. The fourth-order valence-electron chi connectivity index (χ4n) is 3.08. The quantitative estimate of drug-likeness (QED) is 0.776. The number of carbonyl (C=O) groups is 1. The van der Waals surface area contributed by atoms with E-state index in [1.165, 1.54) is 32.4 Å². The lowest BCUT2D eigenvalue weighted by Gasteiger charge is -2.38. The summed E-state index contributed by atoms with van der Waals surface area (Å²) in [7, 11) is 0. The van der Waals surface area contributed by atoms with Crippen LogP contribution in [0, 0.1) is 5.41 Å². The molecule has 0 bridgehead atoms. The van der Waals surface area contributed by atoms with Crippen molar-refractivity contribution in [3.63, 3.8) is 0 Å². The third-order valence-electron chi connectivity index (χ3n) is 4.24. The second kappa shape index (κ2) is 4.72. The molecule has 1 N–H and O–H groups in total. The standard InChI is InChI=1S/C12H22N2O2/c1-2-13-6-3-12(10-13)4-7-14(8-5-12)9-11(15)16/h2-10H2,1H3,(H,15,16). The van der Waals surface area contributed by atoms with Crippen molar-refractivity contribution in [2.24, 2.45) is 5.41 Å². The molecule has 0 amide bonds. The highest BCUT2D eigenvalue weighted by atomic mass is 16.4. The van der Waals surface area contributed by atoms with Gasteiger partial charge in [-0.2, -0.15) is 0 Å². The number of piperidine rings is 1. The third-order valence-corrected chi connectivity index (χ3v) is 4.24. The Labute approximate surface area is 97.2 Å². The number of rotatable bonds is 3. The van der Waals surface area contributed by atoms with E-state index in [1.807, 2.05) is 0 Å². The Morgan fingerprint density at radius 2 is 1.75 bits per heavy atom. The Balaban J connectivity index is 1.83. The normalized spacial score (nSPS) is 26.3. The van der Waals surface area contributed by atoms with E-state index in [-0.39, 0.29) is 6.54 Å². The zero-order valence-corrected chi connectivity index (χ0v) is 10.1. The summed E-state index contributed by atoms with van der Waals surface area (Å²) in [6, 6.07) is 0. The first-order chi connectivity index (χ1) is 7.63. The second-order valence-corrected chi connectivity index (χ2v) is 5.29. The molecule has 2 saturated heterocycles. The highest BCUT2D eigenvalue weighted by Gasteiger charge is 2.39. The van der Waals surface area contributed by atoms with Crippen molar-refractivity contribution in [2.75, 3.05) is 39.3 Å². The van der Waals surface area contributed by atoms with Crippen molar-refractivity contribution in [3.8, 4) is 0 Å². The molecule has 0 atom stereocenters. The summed E-state index contributed by atoms with van der Waals surface area (Å²) in [6.45, 7) is 7.97. The van der Waals surface area contributed by atoms with Gasteiger partial charge in [0.25, 0.3) is 0 Å². The molecule has 92 valence electrons. The Morgan fingerprint density at radius 3 is 2.19 bits per heavy atom. The number of carboxylic acids is 1. The summed E-state index contributed by atoms with van der Waals surface area (Å²) < 4.78 is 0. The van der Waals surface area contributed by atoms with Crippen LogP contribution in [0.4, 0.5) is 0 Å². The van der Waals surface area contributed by atoms with Gasteiger partial charge in [0.15, 0.2) is 0 Å². The van der Waals surface area contributed by atoms with Crippen molar-refractivity contribution < 1.29 is 9.90 Å². The summed E-state index contributed by atoms with van der Waals surface area (Å²) in [5, 5.41) is 8.75. The van der Waals surface area contributed by atoms with Crippen molar-refractivity contribution in [3.05, 3.63) is 0 Å². The van der Waals surface area contributed by atoms with Crippen LogP contribution in [0.2, 0.25) is 0 Å². The van der Waals surface area contributed by atoms with Gasteiger partial charge < -0.3 is 10.0 Å². The minimum atomic E-state index is -0.697. The Morgan fingerprint density at radius 1 is 1.19 bits per heavy atom. The van der Waals surface area contributed by atoms with E-state index in [1.54, 1.807) is 0 Å². The molecule has 0 aromatic carbocycles. The molecular formula is C12H22N2O2. The molecule has 0 aromatic heterocycles. The smallest absolute Gasteiger partial charge is 0.317 e. The number of nitrogens with zero attached hydrogens (tertiary/aromatic N) is 2. The SMILES string of the molecule is CCN1CCC2(CCN(CC(=O)O)CC2)C1. The van der Waals surface area contributed by atoms with Crippen LogP contribution in [0.25, 0.3) is 0 Å². The Bertz CT molecular complexity index is 260. The molecule has 0 aliphatic carbocycles. The van der Waals surface area contributed by atoms with E-state index in [9.17, 15) is 4.79 Å². The molecule has 16 heavy (non-hydrogen) atoms. The van der Waals surface area contributed by atoms with Gasteiger partial charge in [-0.15, -0.1) is 0 Å². The van der Waals surface area contributed by atoms with E-state index in [0.717, 1.165) is 19.6 Å². The summed E-state index contributed by atoms with van der Waals surface area (Å²) >= 11 is 0. The number of aliphatic carboxylic acids is 1. The summed E-state index contributed by atoms with van der Waals surface area (Å²) in [6.07, 6.45) is 3.66. The predicted octanol–water partition coefficient (Wildman–Crippen LogP) is 0.879. The van der Waals surface area contributed by atoms with Gasteiger partial charge >= 0.3 is 5.97 Å². The average Bonchev–Trinajstić information content (AvgIpc) is 2.65. The Kier molecular flexibility index (Phi) is 3.50. The highest BCUT2D eigenvalue weighted by Crippen LogP contribution is 2.39. The van der Waals surface area contributed by atoms with Crippen LogP contribution in [-0.4, -0.2) is 60.1 Å².